The monoisotopic (exact) mass is 227 g/mol. The SMILES string of the molecule is CC(C)(C#N)Cc1ccc(Cl)c(Cl)c1. The summed E-state index contributed by atoms with van der Waals surface area (Å²) >= 11 is 11.7. The minimum Gasteiger partial charge on any atom is -0.198 e. The first kappa shape index (κ1) is 11.4. The zero-order valence-electron chi connectivity index (χ0n) is 8.14. The lowest BCUT2D eigenvalue weighted by Crippen LogP contribution is -2.11. The lowest BCUT2D eigenvalue weighted by Gasteiger charge is -2.15. The van der Waals surface area contributed by atoms with Crippen LogP contribution in [0.3, 0.4) is 0 Å². The van der Waals surface area contributed by atoms with Gasteiger partial charge >= 0.3 is 0 Å². The third kappa shape index (κ3) is 2.90. The summed E-state index contributed by atoms with van der Waals surface area (Å²) in [7, 11) is 0. The Kier molecular flexibility index (Phi) is 3.42. The molecule has 74 valence electrons. The highest BCUT2D eigenvalue weighted by atomic mass is 35.5. The van der Waals surface area contributed by atoms with Crippen LogP contribution in [-0.2, 0) is 6.42 Å². The fourth-order valence-corrected chi connectivity index (χ4v) is 1.52. The van der Waals surface area contributed by atoms with Crippen molar-refractivity contribution in [3.05, 3.63) is 33.8 Å². The van der Waals surface area contributed by atoms with Crippen molar-refractivity contribution in [3.63, 3.8) is 0 Å². The van der Waals surface area contributed by atoms with Gasteiger partial charge in [-0.15, -0.1) is 0 Å². The van der Waals surface area contributed by atoms with Crippen LogP contribution in [0.25, 0.3) is 0 Å². The second-order valence-electron chi connectivity index (χ2n) is 3.92. The van der Waals surface area contributed by atoms with Crippen molar-refractivity contribution in [2.45, 2.75) is 20.3 Å². The van der Waals surface area contributed by atoms with Crippen molar-refractivity contribution in [3.8, 4) is 6.07 Å². The van der Waals surface area contributed by atoms with E-state index in [1.165, 1.54) is 0 Å². The molecule has 14 heavy (non-hydrogen) atoms. The molecule has 0 fully saturated rings. The maximum Gasteiger partial charge on any atom is 0.0687 e. The molecular formula is C11H11Cl2N. The fourth-order valence-electron chi connectivity index (χ4n) is 1.20. The summed E-state index contributed by atoms with van der Waals surface area (Å²) < 4.78 is 0. The second-order valence-corrected chi connectivity index (χ2v) is 4.74. The van der Waals surface area contributed by atoms with Gasteiger partial charge in [0.1, 0.15) is 0 Å². The van der Waals surface area contributed by atoms with Gasteiger partial charge in [-0.1, -0.05) is 29.3 Å². The Morgan fingerprint density at radius 2 is 1.93 bits per heavy atom. The van der Waals surface area contributed by atoms with Crippen LogP contribution in [0.15, 0.2) is 18.2 Å². The summed E-state index contributed by atoms with van der Waals surface area (Å²) in [5, 5.41) is 9.96. The molecule has 0 aliphatic rings. The molecule has 3 heteroatoms. The maximum atomic E-state index is 8.87. The molecule has 0 saturated heterocycles. The van der Waals surface area contributed by atoms with E-state index in [1.54, 1.807) is 6.07 Å². The summed E-state index contributed by atoms with van der Waals surface area (Å²) in [6, 6.07) is 7.71. The molecule has 0 aliphatic heterocycles. The van der Waals surface area contributed by atoms with Gasteiger partial charge in [0.2, 0.25) is 0 Å². The van der Waals surface area contributed by atoms with E-state index in [0.29, 0.717) is 16.5 Å². The van der Waals surface area contributed by atoms with Crippen molar-refractivity contribution in [2.24, 2.45) is 5.41 Å². The van der Waals surface area contributed by atoms with E-state index in [4.69, 9.17) is 28.5 Å². The van der Waals surface area contributed by atoms with Crippen molar-refractivity contribution >= 4 is 23.2 Å². The van der Waals surface area contributed by atoms with E-state index in [9.17, 15) is 0 Å². The third-order valence-corrected chi connectivity index (χ3v) is 2.67. The zero-order chi connectivity index (χ0) is 10.8. The molecule has 0 saturated carbocycles. The van der Waals surface area contributed by atoms with Crippen LogP contribution in [0.5, 0.6) is 0 Å². The van der Waals surface area contributed by atoms with Gasteiger partial charge in [-0.25, -0.2) is 0 Å². The van der Waals surface area contributed by atoms with Crippen molar-refractivity contribution < 1.29 is 0 Å². The molecule has 0 heterocycles. The van der Waals surface area contributed by atoms with Gasteiger partial charge in [-0.05, 0) is 38.0 Å². The van der Waals surface area contributed by atoms with Crippen molar-refractivity contribution in [2.75, 3.05) is 0 Å². The number of nitriles is 1. The minimum atomic E-state index is -0.364. The molecule has 0 bridgehead atoms. The topological polar surface area (TPSA) is 23.8 Å². The van der Waals surface area contributed by atoms with Crippen LogP contribution in [0.4, 0.5) is 0 Å². The van der Waals surface area contributed by atoms with Crippen LogP contribution in [0.2, 0.25) is 10.0 Å². The molecule has 1 rings (SSSR count). The molecular weight excluding hydrogens is 217 g/mol. The van der Waals surface area contributed by atoms with Crippen LogP contribution in [0.1, 0.15) is 19.4 Å². The molecule has 0 atom stereocenters. The van der Waals surface area contributed by atoms with Gasteiger partial charge in [-0.3, -0.25) is 0 Å². The van der Waals surface area contributed by atoms with E-state index in [0.717, 1.165) is 5.56 Å². The van der Waals surface area contributed by atoms with Gasteiger partial charge in [0, 0.05) is 0 Å². The number of benzene rings is 1. The van der Waals surface area contributed by atoms with Crippen LogP contribution in [-0.4, -0.2) is 0 Å². The number of rotatable bonds is 2. The smallest absolute Gasteiger partial charge is 0.0687 e. The summed E-state index contributed by atoms with van der Waals surface area (Å²) in [6.45, 7) is 3.80. The predicted molar refractivity (Wildman–Crippen MR) is 59.6 cm³/mol. The first-order chi connectivity index (χ1) is 6.44. The van der Waals surface area contributed by atoms with Gasteiger partial charge in [-0.2, -0.15) is 5.26 Å². The van der Waals surface area contributed by atoms with E-state index in [-0.39, 0.29) is 5.41 Å². The Bertz CT molecular complexity index is 377. The molecule has 0 unspecified atom stereocenters. The average Bonchev–Trinajstić information content (AvgIpc) is 2.11. The summed E-state index contributed by atoms with van der Waals surface area (Å²) in [5.41, 5.74) is 0.669. The lowest BCUT2D eigenvalue weighted by atomic mass is 9.87. The first-order valence-corrected chi connectivity index (χ1v) is 5.05. The second kappa shape index (κ2) is 4.21. The minimum absolute atomic E-state index is 0.364. The number of hydrogen-bond acceptors (Lipinski definition) is 1. The molecule has 0 radical (unpaired) electrons. The Labute approximate surface area is 94.3 Å². The first-order valence-electron chi connectivity index (χ1n) is 4.30. The third-order valence-electron chi connectivity index (χ3n) is 1.93. The molecule has 1 nitrogen and oxygen atoms in total. The zero-order valence-corrected chi connectivity index (χ0v) is 9.65. The number of hydrogen-bond donors (Lipinski definition) is 0. The fraction of sp³-hybridized carbons (Fsp3) is 0.364. The van der Waals surface area contributed by atoms with Crippen LogP contribution < -0.4 is 0 Å². The predicted octanol–water partition coefficient (Wildman–Crippen LogP) is 4.09. The van der Waals surface area contributed by atoms with E-state index >= 15 is 0 Å². The molecule has 0 aliphatic carbocycles. The average molecular weight is 228 g/mol. The maximum absolute atomic E-state index is 8.87. The number of nitrogens with zero attached hydrogens (tertiary/aromatic N) is 1. The molecule has 1 aromatic rings. The summed E-state index contributed by atoms with van der Waals surface area (Å²) in [4.78, 5) is 0. The highest BCUT2D eigenvalue weighted by Crippen LogP contribution is 2.26. The van der Waals surface area contributed by atoms with Crippen LogP contribution in [0, 0.1) is 16.7 Å². The van der Waals surface area contributed by atoms with E-state index in [2.05, 4.69) is 6.07 Å². The Hall–Kier alpha value is -0.710. The lowest BCUT2D eigenvalue weighted by molar-refractivity contribution is 0.493. The quantitative estimate of drug-likeness (QED) is 0.747. The van der Waals surface area contributed by atoms with Crippen molar-refractivity contribution in [1.29, 1.82) is 5.26 Å². The van der Waals surface area contributed by atoms with E-state index in [1.807, 2.05) is 26.0 Å². The Morgan fingerprint density at radius 1 is 1.29 bits per heavy atom. The highest BCUT2D eigenvalue weighted by Gasteiger charge is 2.17. The van der Waals surface area contributed by atoms with Gasteiger partial charge in [0.25, 0.3) is 0 Å². The van der Waals surface area contributed by atoms with Gasteiger partial charge in [0.05, 0.1) is 21.5 Å². The molecule has 1 aromatic carbocycles. The highest BCUT2D eigenvalue weighted by molar-refractivity contribution is 6.42. The standard InChI is InChI=1S/C11H11Cl2N/c1-11(2,7-14)6-8-3-4-9(12)10(13)5-8/h3-5H,6H2,1-2H3. The molecule has 0 amide bonds. The summed E-state index contributed by atoms with van der Waals surface area (Å²) in [6.07, 6.45) is 0.681. The molecule has 0 aromatic heterocycles. The normalized spacial score (nSPS) is 11.1. The van der Waals surface area contributed by atoms with Crippen LogP contribution >= 0.6 is 23.2 Å². The number of halogens is 2. The van der Waals surface area contributed by atoms with Gasteiger partial charge in [0.15, 0.2) is 0 Å². The van der Waals surface area contributed by atoms with Crippen molar-refractivity contribution in [1.82, 2.24) is 0 Å². The molecule has 0 spiro atoms. The molecule has 0 N–H and O–H groups in total. The largest absolute Gasteiger partial charge is 0.198 e. The van der Waals surface area contributed by atoms with Gasteiger partial charge < -0.3 is 0 Å². The summed E-state index contributed by atoms with van der Waals surface area (Å²) in [5.74, 6) is 0. The van der Waals surface area contributed by atoms with E-state index < -0.39 is 0 Å². The Morgan fingerprint density at radius 3 is 2.43 bits per heavy atom. The Balaban J connectivity index is 2.90.